The molecule has 0 unspecified atom stereocenters. The minimum atomic E-state index is -2.89. The minimum absolute atomic E-state index is 0.105. The van der Waals surface area contributed by atoms with Crippen LogP contribution < -0.4 is 10.9 Å². The van der Waals surface area contributed by atoms with Crippen molar-refractivity contribution in [3.8, 4) is 0 Å². The number of benzene rings is 1. The first-order chi connectivity index (χ1) is 12.3. The third kappa shape index (κ3) is 3.26. The molecule has 0 radical (unpaired) electrons. The summed E-state index contributed by atoms with van der Waals surface area (Å²) in [7, 11) is 0. The molecule has 3 aromatic rings. The van der Waals surface area contributed by atoms with E-state index in [0.29, 0.717) is 28.2 Å². The van der Waals surface area contributed by atoms with Crippen LogP contribution in [0.1, 0.15) is 41.9 Å². The lowest BCUT2D eigenvalue weighted by molar-refractivity contribution is 0.146. The van der Waals surface area contributed by atoms with Gasteiger partial charge >= 0.3 is 0 Å². The highest BCUT2D eigenvalue weighted by molar-refractivity contribution is 5.87. The second-order valence-corrected chi connectivity index (χ2v) is 6.08. The summed E-state index contributed by atoms with van der Waals surface area (Å²) < 4.78 is 40.2. The molecule has 0 saturated carbocycles. The number of aromatic amines is 1. The highest BCUT2D eigenvalue weighted by Crippen LogP contribution is 2.29. The first kappa shape index (κ1) is 17.9. The highest BCUT2D eigenvalue weighted by Gasteiger charge is 2.20. The second-order valence-electron chi connectivity index (χ2n) is 6.08. The van der Waals surface area contributed by atoms with Gasteiger partial charge in [0.1, 0.15) is 23.1 Å². The number of hydrogen-bond donors (Lipinski definition) is 2. The van der Waals surface area contributed by atoms with Crippen LogP contribution >= 0.6 is 0 Å². The third-order valence-corrected chi connectivity index (χ3v) is 4.12. The lowest BCUT2D eigenvalue weighted by Gasteiger charge is -2.18. The standard InChI is InChI=1S/C18H17F3N4O/c1-8-7-13-16(23-10(3)24-17(13)25-18(8)26)22-9(2)11-5-4-6-12(14(11)19)15(20)21/h4-7,9,15H,1-3H3,(H2,22,23,24,25,26)/t9-/m1/s1. The van der Waals surface area contributed by atoms with Crippen LogP contribution in [0.4, 0.5) is 19.0 Å². The lowest BCUT2D eigenvalue weighted by Crippen LogP contribution is -2.15. The molecule has 3 rings (SSSR count). The molecule has 0 aliphatic rings. The summed E-state index contributed by atoms with van der Waals surface area (Å²) in [5.74, 6) is -0.142. The number of H-pyrrole nitrogens is 1. The number of nitrogens with zero attached hydrogens (tertiary/aromatic N) is 2. The third-order valence-electron chi connectivity index (χ3n) is 4.12. The van der Waals surface area contributed by atoms with Gasteiger partial charge in [0.05, 0.1) is 17.0 Å². The molecule has 0 saturated heterocycles. The van der Waals surface area contributed by atoms with Crippen molar-refractivity contribution in [2.24, 2.45) is 0 Å². The summed E-state index contributed by atoms with van der Waals surface area (Å²) in [5, 5.41) is 3.60. The van der Waals surface area contributed by atoms with Gasteiger partial charge in [0.2, 0.25) is 0 Å². The summed E-state index contributed by atoms with van der Waals surface area (Å²) in [6.07, 6.45) is -2.89. The van der Waals surface area contributed by atoms with Gasteiger partial charge in [-0.2, -0.15) is 0 Å². The quantitative estimate of drug-likeness (QED) is 0.730. The molecule has 1 atom stereocenters. The Balaban J connectivity index is 2.05. The van der Waals surface area contributed by atoms with E-state index in [1.54, 1.807) is 26.8 Å². The van der Waals surface area contributed by atoms with Crippen molar-refractivity contribution in [1.82, 2.24) is 15.0 Å². The van der Waals surface area contributed by atoms with E-state index in [1.165, 1.54) is 12.1 Å². The molecule has 0 aliphatic carbocycles. The number of halogens is 3. The van der Waals surface area contributed by atoms with Crippen LogP contribution in [-0.2, 0) is 0 Å². The highest BCUT2D eigenvalue weighted by atomic mass is 19.3. The maximum absolute atomic E-state index is 14.4. The zero-order valence-corrected chi connectivity index (χ0v) is 14.4. The maximum Gasteiger partial charge on any atom is 0.266 e. The van der Waals surface area contributed by atoms with E-state index in [2.05, 4.69) is 20.3 Å². The van der Waals surface area contributed by atoms with Crippen LogP contribution in [0.15, 0.2) is 29.1 Å². The first-order valence-corrected chi connectivity index (χ1v) is 7.99. The van der Waals surface area contributed by atoms with Crippen LogP contribution in [0.3, 0.4) is 0 Å². The predicted molar refractivity (Wildman–Crippen MR) is 93.0 cm³/mol. The Kier molecular flexibility index (Phi) is 4.67. The molecule has 0 bridgehead atoms. The van der Waals surface area contributed by atoms with E-state index in [9.17, 15) is 18.0 Å². The maximum atomic E-state index is 14.4. The van der Waals surface area contributed by atoms with E-state index in [1.807, 2.05) is 0 Å². The van der Waals surface area contributed by atoms with Gasteiger partial charge in [-0.05, 0) is 26.8 Å². The number of aryl methyl sites for hydroxylation is 2. The van der Waals surface area contributed by atoms with Crippen LogP contribution in [0.5, 0.6) is 0 Å². The molecule has 2 heterocycles. The predicted octanol–water partition coefficient (Wildman–Crippen LogP) is 4.18. The fraction of sp³-hybridized carbons (Fsp3) is 0.278. The van der Waals surface area contributed by atoms with Gasteiger partial charge in [-0.1, -0.05) is 18.2 Å². The Hall–Kier alpha value is -2.90. The van der Waals surface area contributed by atoms with Gasteiger partial charge in [0, 0.05) is 11.1 Å². The summed E-state index contributed by atoms with van der Waals surface area (Å²) in [4.78, 5) is 23.0. The van der Waals surface area contributed by atoms with Gasteiger partial charge in [0.25, 0.3) is 12.0 Å². The smallest absolute Gasteiger partial charge is 0.266 e. The summed E-state index contributed by atoms with van der Waals surface area (Å²) in [5.41, 5.74) is 0.0369. The zero-order valence-electron chi connectivity index (χ0n) is 14.4. The summed E-state index contributed by atoms with van der Waals surface area (Å²) in [6, 6.07) is 4.91. The van der Waals surface area contributed by atoms with E-state index < -0.39 is 23.8 Å². The molecule has 136 valence electrons. The van der Waals surface area contributed by atoms with Gasteiger partial charge in [-0.3, -0.25) is 4.79 Å². The van der Waals surface area contributed by atoms with E-state index in [0.717, 1.165) is 6.07 Å². The lowest BCUT2D eigenvalue weighted by atomic mass is 10.0. The van der Waals surface area contributed by atoms with Crippen LogP contribution in [0.2, 0.25) is 0 Å². The van der Waals surface area contributed by atoms with E-state index in [-0.39, 0.29) is 11.1 Å². The monoisotopic (exact) mass is 362 g/mol. The normalized spacial score (nSPS) is 12.6. The Bertz CT molecular complexity index is 1030. The number of rotatable bonds is 4. The SMILES string of the molecule is Cc1nc(N[C@H](C)c2cccc(C(F)F)c2F)c2cc(C)c(=O)[nH]c2n1. The molecule has 0 aliphatic heterocycles. The van der Waals surface area contributed by atoms with Gasteiger partial charge in [0.15, 0.2) is 0 Å². The molecule has 1 aromatic carbocycles. The van der Waals surface area contributed by atoms with Crippen molar-refractivity contribution in [1.29, 1.82) is 0 Å². The Morgan fingerprint density at radius 2 is 1.85 bits per heavy atom. The Morgan fingerprint density at radius 3 is 2.54 bits per heavy atom. The second kappa shape index (κ2) is 6.78. The van der Waals surface area contributed by atoms with Gasteiger partial charge in [-0.25, -0.2) is 23.1 Å². The number of anilines is 1. The van der Waals surface area contributed by atoms with E-state index in [4.69, 9.17) is 0 Å². The van der Waals surface area contributed by atoms with Gasteiger partial charge in [-0.15, -0.1) is 0 Å². The van der Waals surface area contributed by atoms with Crippen molar-refractivity contribution in [2.75, 3.05) is 5.32 Å². The van der Waals surface area contributed by atoms with Crippen LogP contribution in [0, 0.1) is 19.7 Å². The minimum Gasteiger partial charge on any atom is -0.363 e. The molecule has 8 heteroatoms. The molecule has 0 fully saturated rings. The van der Waals surface area contributed by atoms with Gasteiger partial charge < -0.3 is 10.3 Å². The van der Waals surface area contributed by atoms with Crippen molar-refractivity contribution in [3.05, 3.63) is 63.0 Å². The fourth-order valence-electron chi connectivity index (χ4n) is 2.77. The molecular weight excluding hydrogens is 345 g/mol. The number of alkyl halides is 2. The Morgan fingerprint density at radius 1 is 1.15 bits per heavy atom. The molecule has 26 heavy (non-hydrogen) atoms. The van der Waals surface area contributed by atoms with Crippen LogP contribution in [0.25, 0.3) is 11.0 Å². The first-order valence-electron chi connectivity index (χ1n) is 7.99. The number of pyridine rings is 1. The summed E-state index contributed by atoms with van der Waals surface area (Å²) >= 11 is 0. The molecule has 0 spiro atoms. The molecule has 0 amide bonds. The largest absolute Gasteiger partial charge is 0.363 e. The van der Waals surface area contributed by atoms with Crippen molar-refractivity contribution >= 4 is 16.9 Å². The fourth-order valence-corrected chi connectivity index (χ4v) is 2.77. The van der Waals surface area contributed by atoms with E-state index >= 15 is 0 Å². The van der Waals surface area contributed by atoms with Crippen molar-refractivity contribution in [2.45, 2.75) is 33.2 Å². The molecular formula is C18H17F3N4O. The van der Waals surface area contributed by atoms with Crippen molar-refractivity contribution < 1.29 is 13.2 Å². The number of fused-ring (bicyclic) bond motifs is 1. The molecule has 2 aromatic heterocycles. The Labute approximate surface area is 147 Å². The molecule has 2 N–H and O–H groups in total. The summed E-state index contributed by atoms with van der Waals surface area (Å²) in [6.45, 7) is 4.96. The van der Waals surface area contributed by atoms with Crippen molar-refractivity contribution in [3.63, 3.8) is 0 Å². The van der Waals surface area contributed by atoms with Crippen LogP contribution in [-0.4, -0.2) is 15.0 Å². The number of hydrogen-bond acceptors (Lipinski definition) is 4. The zero-order chi connectivity index (χ0) is 19.0. The number of nitrogens with one attached hydrogen (secondary N) is 2. The topological polar surface area (TPSA) is 70.7 Å². The molecule has 5 nitrogen and oxygen atoms in total. The number of aromatic nitrogens is 3. The average molecular weight is 362 g/mol. The average Bonchev–Trinajstić information content (AvgIpc) is 2.56.